The molecule has 2 aliphatic rings. The molecule has 0 N–H and O–H groups in total. The molecule has 0 saturated carbocycles. The van der Waals surface area contributed by atoms with Gasteiger partial charge < -0.3 is 0 Å². The second-order valence-electron chi connectivity index (χ2n) is 15.6. The van der Waals surface area contributed by atoms with E-state index >= 15 is 0 Å². The first-order valence-corrected chi connectivity index (χ1v) is 24.8. The Balaban J connectivity index is 1.10. The number of aromatic nitrogens is 3. The van der Waals surface area contributed by atoms with E-state index in [1.54, 1.807) is 0 Å². The molecule has 8 aromatic rings. The zero-order valence-corrected chi connectivity index (χ0v) is 32.9. The van der Waals surface area contributed by atoms with Crippen LogP contribution in [0.1, 0.15) is 0 Å². The number of rotatable bonds is 5. The van der Waals surface area contributed by atoms with Gasteiger partial charge in [-0.3, -0.25) is 0 Å². The molecule has 0 amide bonds. The van der Waals surface area contributed by atoms with Gasteiger partial charge in [-0.05, 0) is 65.3 Å². The highest BCUT2D eigenvalue weighted by Crippen LogP contribution is 2.37. The van der Waals surface area contributed by atoms with E-state index in [-0.39, 0.29) is 0 Å². The third-order valence-corrected chi connectivity index (χ3v) is 18.8. The predicted octanol–water partition coefficient (Wildman–Crippen LogP) is 9.81. The number of hydrogen-bond donors (Lipinski definition) is 0. The predicted molar refractivity (Wildman–Crippen MR) is 231 cm³/mol. The third-order valence-electron chi connectivity index (χ3n) is 11.7. The molecule has 0 unspecified atom stereocenters. The standard InChI is InChI=1S/C49H39N3Si2/c1-53(2)43-30-35(26-28-39(43)41-24-14-22-37(45(41)53)32-16-8-5-9-17-32)48-50-47(34-20-12-7-13-21-34)51-49(52-48)36-27-29-40-42-25-15-23-38(33-18-10-6-11-19-33)46(42)54(3,4)44(40)31-36/h5-31H,1-4H3. The molecule has 5 heteroatoms. The molecular weight excluding hydrogens is 687 g/mol. The van der Waals surface area contributed by atoms with Crippen LogP contribution in [0.5, 0.6) is 0 Å². The fraction of sp³-hybridized carbons (Fsp3) is 0.0816. The maximum absolute atomic E-state index is 5.28. The summed E-state index contributed by atoms with van der Waals surface area (Å²) in [7, 11) is -4.17. The molecule has 3 nitrogen and oxygen atoms in total. The minimum Gasteiger partial charge on any atom is -0.208 e. The van der Waals surface area contributed by atoms with E-state index in [2.05, 4.69) is 184 Å². The van der Waals surface area contributed by atoms with Crippen LogP contribution in [0.15, 0.2) is 164 Å². The van der Waals surface area contributed by atoms with E-state index in [4.69, 9.17) is 15.0 Å². The molecule has 0 aliphatic carbocycles. The first-order valence-electron chi connectivity index (χ1n) is 18.8. The van der Waals surface area contributed by atoms with Crippen LogP contribution in [0.3, 0.4) is 0 Å². The fourth-order valence-corrected chi connectivity index (χ4v) is 16.0. The molecule has 2 aliphatic heterocycles. The Morgan fingerprint density at radius 2 is 0.648 bits per heavy atom. The van der Waals surface area contributed by atoms with Crippen molar-refractivity contribution in [3.05, 3.63) is 164 Å². The largest absolute Gasteiger partial charge is 0.208 e. The summed E-state index contributed by atoms with van der Waals surface area (Å²) in [5, 5.41) is 5.87. The first kappa shape index (κ1) is 32.6. The molecule has 10 rings (SSSR count). The summed E-state index contributed by atoms with van der Waals surface area (Å²) in [5.41, 5.74) is 13.7. The van der Waals surface area contributed by atoms with E-state index in [0.29, 0.717) is 17.5 Å². The molecule has 3 heterocycles. The van der Waals surface area contributed by atoms with Crippen molar-refractivity contribution in [2.45, 2.75) is 26.2 Å². The summed E-state index contributed by atoms with van der Waals surface area (Å²) in [5.74, 6) is 2.10. The van der Waals surface area contributed by atoms with Crippen LogP contribution in [-0.4, -0.2) is 31.1 Å². The molecule has 54 heavy (non-hydrogen) atoms. The average Bonchev–Trinajstić information content (AvgIpc) is 3.60. The Morgan fingerprint density at radius 1 is 0.296 bits per heavy atom. The summed E-state index contributed by atoms with van der Waals surface area (Å²) in [6.45, 7) is 9.94. The van der Waals surface area contributed by atoms with Crippen molar-refractivity contribution in [3.8, 4) is 78.7 Å². The van der Waals surface area contributed by atoms with Crippen LogP contribution >= 0.6 is 0 Å². The zero-order valence-electron chi connectivity index (χ0n) is 30.9. The molecule has 1 aromatic heterocycles. The van der Waals surface area contributed by atoms with E-state index in [0.717, 1.165) is 16.7 Å². The lowest BCUT2D eigenvalue weighted by molar-refractivity contribution is 1.07. The minimum atomic E-state index is -2.08. The van der Waals surface area contributed by atoms with Crippen molar-refractivity contribution in [2.24, 2.45) is 0 Å². The lowest BCUT2D eigenvalue weighted by Crippen LogP contribution is -2.50. The van der Waals surface area contributed by atoms with Crippen molar-refractivity contribution >= 4 is 36.9 Å². The molecule has 0 radical (unpaired) electrons. The average molecular weight is 726 g/mol. The first-order chi connectivity index (χ1) is 26.3. The zero-order chi connectivity index (χ0) is 36.6. The van der Waals surface area contributed by atoms with Gasteiger partial charge in [0.15, 0.2) is 17.5 Å². The fourth-order valence-electron chi connectivity index (χ4n) is 9.11. The van der Waals surface area contributed by atoms with E-state index in [9.17, 15) is 0 Å². The molecule has 0 spiro atoms. The topological polar surface area (TPSA) is 38.7 Å². The SMILES string of the molecule is C[Si]1(C)c2cc(-c3nc(-c4ccccc4)nc(-c4ccc5c(c4)[Si](C)(C)c4c(-c6ccccc6)cccc4-5)n3)ccc2-c2cccc(-c3ccccc3)c21. The maximum Gasteiger partial charge on any atom is 0.164 e. The van der Waals surface area contributed by atoms with Crippen LogP contribution in [0.25, 0.3) is 78.7 Å². The number of hydrogen-bond acceptors (Lipinski definition) is 3. The lowest BCUT2D eigenvalue weighted by Gasteiger charge is -2.23. The molecule has 0 fully saturated rings. The second-order valence-corrected chi connectivity index (χ2v) is 24.2. The minimum absolute atomic E-state index is 0.689. The van der Waals surface area contributed by atoms with Gasteiger partial charge in [0.05, 0.1) is 0 Å². The normalized spacial score (nSPS) is 14.2. The van der Waals surface area contributed by atoms with Crippen LogP contribution in [0.4, 0.5) is 0 Å². The number of fused-ring (bicyclic) bond motifs is 6. The smallest absolute Gasteiger partial charge is 0.164 e. The van der Waals surface area contributed by atoms with E-state index in [1.165, 1.54) is 65.3 Å². The van der Waals surface area contributed by atoms with Gasteiger partial charge in [-0.2, -0.15) is 0 Å². The van der Waals surface area contributed by atoms with Crippen molar-refractivity contribution < 1.29 is 0 Å². The molecule has 0 saturated heterocycles. The van der Waals surface area contributed by atoms with Crippen LogP contribution in [0.2, 0.25) is 26.2 Å². The second kappa shape index (κ2) is 12.3. The summed E-state index contributed by atoms with van der Waals surface area (Å²) in [6, 6.07) is 59.4. The van der Waals surface area contributed by atoms with Gasteiger partial charge in [0.25, 0.3) is 0 Å². The van der Waals surface area contributed by atoms with Crippen LogP contribution in [0, 0.1) is 0 Å². The van der Waals surface area contributed by atoms with Gasteiger partial charge in [-0.1, -0.05) is 190 Å². The quantitative estimate of drug-likeness (QED) is 0.166. The Morgan fingerprint density at radius 3 is 1.06 bits per heavy atom. The van der Waals surface area contributed by atoms with Gasteiger partial charge >= 0.3 is 0 Å². The van der Waals surface area contributed by atoms with Crippen LogP contribution < -0.4 is 20.7 Å². The summed E-state index contributed by atoms with van der Waals surface area (Å²) >= 11 is 0. The van der Waals surface area contributed by atoms with E-state index in [1.807, 2.05) is 6.07 Å². The van der Waals surface area contributed by atoms with Gasteiger partial charge in [-0.15, -0.1) is 0 Å². The summed E-state index contributed by atoms with van der Waals surface area (Å²) < 4.78 is 0. The van der Waals surface area contributed by atoms with Gasteiger partial charge in [0, 0.05) is 16.7 Å². The van der Waals surface area contributed by atoms with E-state index < -0.39 is 16.1 Å². The van der Waals surface area contributed by atoms with Crippen molar-refractivity contribution in [2.75, 3.05) is 0 Å². The Hall–Kier alpha value is -6.02. The Labute approximate surface area is 319 Å². The number of nitrogens with zero attached hydrogens (tertiary/aromatic N) is 3. The van der Waals surface area contributed by atoms with Gasteiger partial charge in [0.2, 0.25) is 0 Å². The highest BCUT2D eigenvalue weighted by molar-refractivity contribution is 7.05. The van der Waals surface area contributed by atoms with Gasteiger partial charge in [0.1, 0.15) is 16.1 Å². The molecule has 0 atom stereocenters. The highest BCUT2D eigenvalue weighted by Gasteiger charge is 2.41. The van der Waals surface area contributed by atoms with Crippen molar-refractivity contribution in [3.63, 3.8) is 0 Å². The number of benzene rings is 7. The Kier molecular flexibility index (Phi) is 7.41. The van der Waals surface area contributed by atoms with Gasteiger partial charge in [-0.25, -0.2) is 15.0 Å². The third kappa shape index (κ3) is 5.03. The molecule has 258 valence electrons. The lowest BCUT2D eigenvalue weighted by atomic mass is 9.98. The maximum atomic E-state index is 5.28. The molecule has 0 bridgehead atoms. The summed E-state index contributed by atoms with van der Waals surface area (Å²) in [4.78, 5) is 15.6. The van der Waals surface area contributed by atoms with Crippen LogP contribution in [-0.2, 0) is 0 Å². The van der Waals surface area contributed by atoms with Crippen molar-refractivity contribution in [1.29, 1.82) is 0 Å². The highest BCUT2D eigenvalue weighted by atomic mass is 28.3. The summed E-state index contributed by atoms with van der Waals surface area (Å²) in [6.07, 6.45) is 0. The monoisotopic (exact) mass is 725 g/mol. The Bertz CT molecular complexity index is 2590. The van der Waals surface area contributed by atoms with Crippen molar-refractivity contribution in [1.82, 2.24) is 15.0 Å². The molecular formula is C49H39N3Si2. The molecule has 7 aromatic carbocycles.